The smallest absolute Gasteiger partial charge is 0.491 e. The molecule has 10 heteroatoms. The zero-order valence-electron chi connectivity index (χ0n) is 9.16. The summed E-state index contributed by atoms with van der Waals surface area (Å²) in [6.07, 6.45) is -8.56. The van der Waals surface area contributed by atoms with Gasteiger partial charge in [-0.3, -0.25) is 0 Å². The van der Waals surface area contributed by atoms with Crippen LogP contribution in [0.2, 0.25) is 0 Å². The molecule has 0 aromatic carbocycles. The van der Waals surface area contributed by atoms with Crippen LogP contribution in [0.5, 0.6) is 11.6 Å². The van der Waals surface area contributed by atoms with Gasteiger partial charge in [-0.25, -0.2) is 18.6 Å². The predicted octanol–water partition coefficient (Wildman–Crippen LogP) is 2.62. The van der Waals surface area contributed by atoms with Crippen molar-refractivity contribution < 1.29 is 41.3 Å². The largest absolute Gasteiger partial charge is 0.574 e. The molecule has 0 atom stereocenters. The highest BCUT2D eigenvalue weighted by molar-refractivity contribution is 5.89. The van der Waals surface area contributed by atoms with Crippen molar-refractivity contribution in [3.05, 3.63) is 17.3 Å². The molecule has 0 aliphatic rings. The van der Waals surface area contributed by atoms with Gasteiger partial charge in [0.05, 0.1) is 12.7 Å². The van der Waals surface area contributed by atoms with Gasteiger partial charge in [0.1, 0.15) is 5.69 Å². The molecule has 1 N–H and O–H groups in total. The molecular formula is C9H6F5NO4. The molecule has 0 bridgehead atoms. The van der Waals surface area contributed by atoms with E-state index < -0.39 is 41.6 Å². The number of aromatic carboxylic acids is 1. The number of methoxy groups -OCH3 is 1. The molecule has 0 aliphatic heterocycles. The normalized spacial score (nSPS) is 11.5. The number of nitrogens with zero attached hydrogens (tertiary/aromatic N) is 1. The fourth-order valence-electron chi connectivity index (χ4n) is 1.16. The number of rotatable bonds is 4. The maximum Gasteiger partial charge on any atom is 0.574 e. The van der Waals surface area contributed by atoms with Gasteiger partial charge in [0.15, 0.2) is 5.75 Å². The Hall–Kier alpha value is -2.13. The standard InChI is InChI=1S/C9H6F5NO4/c1-18-4-2-3(8(16)17)5(6(10)11)15-7(4)19-9(12,13)14/h2,6H,1H3,(H,16,17). The molecule has 1 heterocycles. The van der Waals surface area contributed by atoms with E-state index in [1.165, 1.54) is 0 Å². The summed E-state index contributed by atoms with van der Waals surface area (Å²) in [5.74, 6) is -3.78. The summed E-state index contributed by atoms with van der Waals surface area (Å²) in [4.78, 5) is 13.6. The summed E-state index contributed by atoms with van der Waals surface area (Å²) < 4.78 is 69.0. The lowest BCUT2D eigenvalue weighted by atomic mass is 10.2. The van der Waals surface area contributed by atoms with Crippen LogP contribution in [0.15, 0.2) is 6.07 Å². The number of hydrogen-bond donors (Lipinski definition) is 1. The molecular weight excluding hydrogens is 281 g/mol. The molecule has 0 fully saturated rings. The first kappa shape index (κ1) is 14.9. The van der Waals surface area contributed by atoms with Crippen molar-refractivity contribution >= 4 is 5.97 Å². The van der Waals surface area contributed by atoms with E-state index in [9.17, 15) is 26.7 Å². The van der Waals surface area contributed by atoms with E-state index in [1.807, 2.05) is 0 Å². The third kappa shape index (κ3) is 3.66. The number of carbonyl (C=O) groups is 1. The third-order valence-electron chi connectivity index (χ3n) is 1.85. The Morgan fingerprint density at radius 2 is 2.00 bits per heavy atom. The van der Waals surface area contributed by atoms with Crippen LogP contribution < -0.4 is 9.47 Å². The summed E-state index contributed by atoms with van der Waals surface area (Å²) in [6.45, 7) is 0. The highest BCUT2D eigenvalue weighted by Gasteiger charge is 2.35. The van der Waals surface area contributed by atoms with E-state index >= 15 is 0 Å². The van der Waals surface area contributed by atoms with Gasteiger partial charge in [0.2, 0.25) is 0 Å². The maximum atomic E-state index is 12.5. The van der Waals surface area contributed by atoms with Crippen LogP contribution in [0, 0.1) is 0 Å². The highest BCUT2D eigenvalue weighted by atomic mass is 19.4. The molecule has 1 rings (SSSR count). The third-order valence-corrected chi connectivity index (χ3v) is 1.85. The second-order valence-electron chi connectivity index (χ2n) is 3.08. The van der Waals surface area contributed by atoms with Crippen molar-refractivity contribution in [1.82, 2.24) is 4.98 Å². The van der Waals surface area contributed by atoms with Crippen LogP contribution in [0.25, 0.3) is 0 Å². The number of carboxylic acid groups (broad SMARTS) is 1. The minimum Gasteiger partial charge on any atom is -0.491 e. The number of aromatic nitrogens is 1. The minimum atomic E-state index is -5.18. The number of halogens is 5. The van der Waals surface area contributed by atoms with E-state index in [1.54, 1.807) is 0 Å². The first-order chi connectivity index (χ1) is 8.65. The van der Waals surface area contributed by atoms with Crippen molar-refractivity contribution in [3.63, 3.8) is 0 Å². The first-order valence-corrected chi connectivity index (χ1v) is 4.51. The Morgan fingerprint density at radius 3 is 2.37 bits per heavy atom. The molecule has 0 amide bonds. The summed E-state index contributed by atoms with van der Waals surface area (Å²) in [6, 6.07) is 0.484. The molecule has 1 aromatic heterocycles. The summed E-state index contributed by atoms with van der Waals surface area (Å²) in [5, 5.41) is 8.67. The van der Waals surface area contributed by atoms with Crippen LogP contribution >= 0.6 is 0 Å². The molecule has 0 radical (unpaired) electrons. The molecule has 0 aliphatic carbocycles. The summed E-state index contributed by atoms with van der Waals surface area (Å²) in [5.41, 5.74) is -2.31. The van der Waals surface area contributed by atoms with Crippen molar-refractivity contribution in [2.45, 2.75) is 12.8 Å². The van der Waals surface area contributed by atoms with Gasteiger partial charge in [-0.05, 0) is 0 Å². The first-order valence-electron chi connectivity index (χ1n) is 4.51. The van der Waals surface area contributed by atoms with E-state index in [0.717, 1.165) is 7.11 Å². The van der Waals surface area contributed by atoms with Gasteiger partial charge >= 0.3 is 12.3 Å². The molecule has 0 saturated heterocycles. The van der Waals surface area contributed by atoms with Crippen molar-refractivity contribution in [1.29, 1.82) is 0 Å². The maximum absolute atomic E-state index is 12.5. The van der Waals surface area contributed by atoms with E-state index in [4.69, 9.17) is 5.11 Å². The van der Waals surface area contributed by atoms with Crippen LogP contribution in [0.4, 0.5) is 22.0 Å². The lowest BCUT2D eigenvalue weighted by Crippen LogP contribution is -2.19. The quantitative estimate of drug-likeness (QED) is 0.862. The predicted molar refractivity (Wildman–Crippen MR) is 49.4 cm³/mol. The molecule has 5 nitrogen and oxygen atoms in total. The zero-order chi connectivity index (χ0) is 14.8. The Balaban J connectivity index is 3.39. The van der Waals surface area contributed by atoms with Crippen molar-refractivity contribution in [3.8, 4) is 11.6 Å². The number of hydrogen-bond acceptors (Lipinski definition) is 4. The zero-order valence-corrected chi connectivity index (χ0v) is 9.16. The Labute approximate surface area is 102 Å². The minimum absolute atomic E-state index is 0.484. The average molecular weight is 287 g/mol. The molecule has 19 heavy (non-hydrogen) atoms. The second-order valence-corrected chi connectivity index (χ2v) is 3.08. The number of pyridine rings is 1. The molecule has 0 unspecified atom stereocenters. The van der Waals surface area contributed by atoms with Gasteiger partial charge < -0.3 is 14.6 Å². The van der Waals surface area contributed by atoms with E-state index in [0.29, 0.717) is 6.07 Å². The Kier molecular flexibility index (Phi) is 4.12. The van der Waals surface area contributed by atoms with Crippen LogP contribution in [-0.2, 0) is 0 Å². The number of ether oxygens (including phenoxy) is 2. The topological polar surface area (TPSA) is 68.7 Å². The van der Waals surface area contributed by atoms with Gasteiger partial charge in [-0.2, -0.15) is 0 Å². The van der Waals surface area contributed by atoms with Crippen LogP contribution in [0.3, 0.4) is 0 Å². The van der Waals surface area contributed by atoms with Crippen LogP contribution in [-0.4, -0.2) is 29.5 Å². The lowest BCUT2D eigenvalue weighted by Gasteiger charge is -2.14. The molecule has 106 valence electrons. The summed E-state index contributed by atoms with van der Waals surface area (Å²) in [7, 11) is 0.911. The van der Waals surface area contributed by atoms with Gasteiger partial charge in [-0.1, -0.05) is 0 Å². The fraction of sp³-hybridized carbons (Fsp3) is 0.333. The van der Waals surface area contributed by atoms with Crippen LogP contribution in [0.1, 0.15) is 22.5 Å². The molecule has 0 spiro atoms. The Bertz CT molecular complexity index is 488. The SMILES string of the molecule is COc1cc(C(=O)O)c(C(F)F)nc1OC(F)(F)F. The van der Waals surface area contributed by atoms with Crippen molar-refractivity contribution in [2.24, 2.45) is 0 Å². The molecule has 1 aromatic rings. The second kappa shape index (κ2) is 5.24. The van der Waals surface area contributed by atoms with E-state index in [-0.39, 0.29) is 0 Å². The van der Waals surface area contributed by atoms with E-state index in [2.05, 4.69) is 14.5 Å². The number of alkyl halides is 5. The number of carboxylic acids is 1. The van der Waals surface area contributed by atoms with Crippen molar-refractivity contribution in [2.75, 3.05) is 7.11 Å². The Morgan fingerprint density at radius 1 is 1.42 bits per heavy atom. The van der Waals surface area contributed by atoms with Gasteiger partial charge in [-0.15, -0.1) is 13.2 Å². The van der Waals surface area contributed by atoms with Gasteiger partial charge in [0.25, 0.3) is 12.3 Å². The van der Waals surface area contributed by atoms with Gasteiger partial charge in [0, 0.05) is 6.07 Å². The summed E-state index contributed by atoms with van der Waals surface area (Å²) >= 11 is 0. The average Bonchev–Trinajstić information content (AvgIpc) is 2.25. The molecule has 0 saturated carbocycles. The highest BCUT2D eigenvalue weighted by Crippen LogP contribution is 2.34. The monoisotopic (exact) mass is 287 g/mol. The fourth-order valence-corrected chi connectivity index (χ4v) is 1.16. The lowest BCUT2D eigenvalue weighted by molar-refractivity contribution is -0.276.